The molecule has 0 heterocycles. The number of nitrogens with two attached hydrogens (primary N) is 1. The fourth-order valence-corrected chi connectivity index (χ4v) is 3.65. The van der Waals surface area contributed by atoms with Crippen molar-refractivity contribution in [1.29, 1.82) is 0 Å². The topological polar surface area (TPSA) is 41.3 Å². The maximum atomic E-state index is 6.37. The van der Waals surface area contributed by atoms with Crippen LogP contribution in [0.5, 0.6) is 0 Å². The summed E-state index contributed by atoms with van der Waals surface area (Å²) in [4.78, 5) is 2.32. The Kier molecular flexibility index (Phi) is 4.85. The normalized spacial score (nSPS) is 20.5. The number of likely N-dealkylation sites (N-methyl/N-ethyl adjacent to an activating group) is 1. The van der Waals surface area contributed by atoms with Crippen LogP contribution in [0.25, 0.3) is 0 Å². The van der Waals surface area contributed by atoms with Gasteiger partial charge in [0.25, 0.3) is 0 Å². The van der Waals surface area contributed by atoms with E-state index in [9.17, 15) is 0 Å². The summed E-state index contributed by atoms with van der Waals surface area (Å²) in [5.74, 6) is 5.89. The van der Waals surface area contributed by atoms with E-state index in [1.165, 1.54) is 19.3 Å². The number of nitrogens with one attached hydrogen (secondary N) is 1. The van der Waals surface area contributed by atoms with Crippen molar-refractivity contribution in [1.82, 2.24) is 10.3 Å². The van der Waals surface area contributed by atoms with Crippen molar-refractivity contribution in [3.05, 3.63) is 34.9 Å². The molecule has 3 N–H and O–H groups in total. The monoisotopic (exact) mass is 281 g/mol. The van der Waals surface area contributed by atoms with Gasteiger partial charge in [-0.2, -0.15) is 0 Å². The van der Waals surface area contributed by atoms with E-state index in [-0.39, 0.29) is 11.6 Å². The van der Waals surface area contributed by atoms with E-state index in [1.807, 2.05) is 18.2 Å². The number of benzene rings is 1. The van der Waals surface area contributed by atoms with Gasteiger partial charge < -0.3 is 4.90 Å². The van der Waals surface area contributed by atoms with Crippen molar-refractivity contribution >= 4 is 11.6 Å². The van der Waals surface area contributed by atoms with E-state index in [2.05, 4.69) is 30.5 Å². The molecule has 1 saturated carbocycles. The van der Waals surface area contributed by atoms with Crippen LogP contribution in [-0.2, 0) is 0 Å². The van der Waals surface area contributed by atoms with E-state index in [1.54, 1.807) is 0 Å². The van der Waals surface area contributed by atoms with Crippen LogP contribution in [0.3, 0.4) is 0 Å². The number of hydrogen-bond donors (Lipinski definition) is 2. The van der Waals surface area contributed by atoms with Crippen LogP contribution in [0.1, 0.15) is 43.7 Å². The summed E-state index contributed by atoms with van der Waals surface area (Å²) in [6.07, 6.45) is 6.12. The third-order valence-electron chi connectivity index (χ3n) is 4.53. The van der Waals surface area contributed by atoms with Gasteiger partial charge in [0.1, 0.15) is 0 Å². The minimum absolute atomic E-state index is 0.0536. The summed E-state index contributed by atoms with van der Waals surface area (Å²) in [6.45, 7) is 0. The zero-order valence-electron chi connectivity index (χ0n) is 11.8. The van der Waals surface area contributed by atoms with Gasteiger partial charge in [0.15, 0.2) is 0 Å². The minimum atomic E-state index is 0.0536. The van der Waals surface area contributed by atoms with Crippen molar-refractivity contribution in [3.8, 4) is 0 Å². The molecule has 0 saturated heterocycles. The molecule has 0 bridgehead atoms. The molecule has 0 spiro atoms. The second-order valence-electron chi connectivity index (χ2n) is 5.68. The van der Waals surface area contributed by atoms with Crippen molar-refractivity contribution < 1.29 is 0 Å². The zero-order valence-corrected chi connectivity index (χ0v) is 12.6. The number of hydrogen-bond acceptors (Lipinski definition) is 3. The molecule has 0 radical (unpaired) electrons. The third-order valence-corrected chi connectivity index (χ3v) is 4.87. The third kappa shape index (κ3) is 2.79. The Morgan fingerprint density at radius 3 is 2.37 bits per heavy atom. The largest absolute Gasteiger partial charge is 0.302 e. The molecule has 3 nitrogen and oxygen atoms in total. The molecule has 1 atom stereocenters. The minimum Gasteiger partial charge on any atom is -0.302 e. The first-order chi connectivity index (χ1) is 9.12. The predicted molar refractivity (Wildman–Crippen MR) is 81.0 cm³/mol. The number of nitrogens with zero attached hydrogens (tertiary/aromatic N) is 1. The van der Waals surface area contributed by atoms with Crippen molar-refractivity contribution in [2.75, 3.05) is 14.1 Å². The first-order valence-corrected chi connectivity index (χ1v) is 7.37. The number of rotatable bonds is 4. The fraction of sp³-hybridized carbons (Fsp3) is 0.600. The molecule has 1 aromatic rings. The van der Waals surface area contributed by atoms with Crippen molar-refractivity contribution in [3.63, 3.8) is 0 Å². The molecular weight excluding hydrogens is 258 g/mol. The Balaban J connectivity index is 2.40. The highest BCUT2D eigenvalue weighted by atomic mass is 35.5. The molecule has 1 aromatic carbocycles. The lowest BCUT2D eigenvalue weighted by atomic mass is 9.73. The highest BCUT2D eigenvalue weighted by Crippen LogP contribution is 2.43. The molecule has 2 rings (SSSR count). The van der Waals surface area contributed by atoms with E-state index < -0.39 is 0 Å². The van der Waals surface area contributed by atoms with Gasteiger partial charge >= 0.3 is 0 Å². The molecule has 19 heavy (non-hydrogen) atoms. The Bertz CT molecular complexity index is 414. The Morgan fingerprint density at radius 2 is 1.84 bits per heavy atom. The van der Waals surface area contributed by atoms with Crippen LogP contribution in [0.15, 0.2) is 24.3 Å². The van der Waals surface area contributed by atoms with Crippen LogP contribution >= 0.6 is 11.6 Å². The fourth-order valence-electron chi connectivity index (χ4n) is 3.40. The van der Waals surface area contributed by atoms with Crippen LogP contribution in [-0.4, -0.2) is 24.5 Å². The van der Waals surface area contributed by atoms with E-state index in [4.69, 9.17) is 17.4 Å². The quantitative estimate of drug-likeness (QED) is 0.658. The van der Waals surface area contributed by atoms with Gasteiger partial charge in [-0.3, -0.25) is 11.3 Å². The van der Waals surface area contributed by atoms with Gasteiger partial charge in [0.2, 0.25) is 0 Å². The molecule has 1 aliphatic carbocycles. The van der Waals surface area contributed by atoms with Gasteiger partial charge in [0.05, 0.1) is 6.04 Å². The van der Waals surface area contributed by atoms with Gasteiger partial charge in [-0.05, 0) is 38.6 Å². The molecule has 0 aliphatic heterocycles. The Morgan fingerprint density at radius 1 is 1.21 bits per heavy atom. The highest BCUT2D eigenvalue weighted by molar-refractivity contribution is 6.31. The maximum Gasteiger partial charge on any atom is 0.0658 e. The first kappa shape index (κ1) is 14.8. The summed E-state index contributed by atoms with van der Waals surface area (Å²) in [6, 6.07) is 8.07. The van der Waals surface area contributed by atoms with Gasteiger partial charge in [-0.15, -0.1) is 0 Å². The van der Waals surface area contributed by atoms with Crippen LogP contribution in [0.2, 0.25) is 5.02 Å². The second kappa shape index (κ2) is 6.23. The lowest BCUT2D eigenvalue weighted by Crippen LogP contribution is -2.56. The highest BCUT2D eigenvalue weighted by Gasteiger charge is 2.42. The lowest BCUT2D eigenvalue weighted by molar-refractivity contribution is 0.0564. The molecular formula is C15H24ClN3. The summed E-state index contributed by atoms with van der Waals surface area (Å²) in [5.41, 5.74) is 4.18. The zero-order chi connectivity index (χ0) is 13.9. The van der Waals surface area contributed by atoms with Crippen molar-refractivity contribution in [2.45, 2.75) is 43.7 Å². The van der Waals surface area contributed by atoms with Gasteiger partial charge in [0, 0.05) is 10.6 Å². The van der Waals surface area contributed by atoms with Crippen LogP contribution in [0.4, 0.5) is 0 Å². The molecule has 0 aromatic heterocycles. The van der Waals surface area contributed by atoms with Gasteiger partial charge in [-0.1, -0.05) is 49.1 Å². The average Bonchev–Trinajstić information content (AvgIpc) is 2.42. The van der Waals surface area contributed by atoms with Crippen molar-refractivity contribution in [2.24, 2.45) is 5.84 Å². The molecule has 106 valence electrons. The SMILES string of the molecule is CN(C)C1(C(NN)c2ccccc2Cl)CCCCC1. The number of hydrazine groups is 1. The Labute approximate surface area is 121 Å². The standard InChI is InChI=1S/C15H24ClN3/c1-19(2)15(10-6-3-7-11-15)14(18-17)12-8-4-5-9-13(12)16/h4-5,8-9,14,18H,3,6-7,10-11,17H2,1-2H3. The van der Waals surface area contributed by atoms with Crippen LogP contribution in [0, 0.1) is 0 Å². The summed E-state index contributed by atoms with van der Waals surface area (Å²) >= 11 is 6.37. The summed E-state index contributed by atoms with van der Waals surface area (Å²) < 4.78 is 0. The molecule has 4 heteroatoms. The summed E-state index contributed by atoms with van der Waals surface area (Å²) in [7, 11) is 4.29. The molecule has 1 unspecified atom stereocenters. The predicted octanol–water partition coefficient (Wildman–Crippen LogP) is 3.11. The number of halogens is 1. The van der Waals surface area contributed by atoms with E-state index >= 15 is 0 Å². The Hall–Kier alpha value is -0.610. The van der Waals surface area contributed by atoms with Gasteiger partial charge in [-0.25, -0.2) is 0 Å². The van der Waals surface area contributed by atoms with E-state index in [0.29, 0.717) is 0 Å². The van der Waals surface area contributed by atoms with E-state index in [0.717, 1.165) is 23.4 Å². The smallest absolute Gasteiger partial charge is 0.0658 e. The first-order valence-electron chi connectivity index (χ1n) is 7.00. The van der Waals surface area contributed by atoms with Crippen LogP contribution < -0.4 is 11.3 Å². The maximum absolute atomic E-state index is 6.37. The lowest BCUT2D eigenvalue weighted by Gasteiger charge is -2.48. The average molecular weight is 282 g/mol. The molecule has 0 amide bonds. The second-order valence-corrected chi connectivity index (χ2v) is 6.09. The molecule has 1 fully saturated rings. The molecule has 1 aliphatic rings. The summed E-state index contributed by atoms with van der Waals surface area (Å²) in [5, 5.41) is 0.789.